The number of hydrogen-bond acceptors (Lipinski definition) is 2. The van der Waals surface area contributed by atoms with Crippen molar-refractivity contribution in [1.82, 2.24) is 4.90 Å². The molecule has 0 radical (unpaired) electrons. The highest BCUT2D eigenvalue weighted by molar-refractivity contribution is 4.62. The van der Waals surface area contributed by atoms with E-state index in [2.05, 4.69) is 32.6 Å². The molecule has 14 heavy (non-hydrogen) atoms. The summed E-state index contributed by atoms with van der Waals surface area (Å²) in [6.45, 7) is 13.4. The summed E-state index contributed by atoms with van der Waals surface area (Å²) >= 11 is 0. The third-order valence-corrected chi connectivity index (χ3v) is 2.68. The maximum atomic E-state index is 5.63. The average Bonchev–Trinajstić information content (AvgIpc) is 2.15. The molecule has 0 rings (SSSR count). The quantitative estimate of drug-likeness (QED) is 0.651. The van der Waals surface area contributed by atoms with Crippen LogP contribution in [0.15, 0.2) is 0 Å². The summed E-state index contributed by atoms with van der Waals surface area (Å²) in [5.74, 6) is 1.47. The Hall–Kier alpha value is -0.0800. The van der Waals surface area contributed by atoms with Gasteiger partial charge in [-0.1, -0.05) is 27.7 Å². The first-order valence-electron chi connectivity index (χ1n) is 6.02. The molecule has 0 fully saturated rings. The average molecular weight is 200 g/mol. The standard InChI is InChI=1S/C12H28N2/c1-5-14(10-12(4)9-13)8-6-7-11(2)3/h11-12H,5-10,13H2,1-4H3. The van der Waals surface area contributed by atoms with E-state index >= 15 is 0 Å². The van der Waals surface area contributed by atoms with Crippen molar-refractivity contribution in [2.24, 2.45) is 17.6 Å². The molecular formula is C12H28N2. The zero-order chi connectivity index (χ0) is 11.0. The lowest BCUT2D eigenvalue weighted by atomic mass is 10.1. The first-order valence-corrected chi connectivity index (χ1v) is 6.02. The van der Waals surface area contributed by atoms with Gasteiger partial charge in [0.1, 0.15) is 0 Å². The summed E-state index contributed by atoms with van der Waals surface area (Å²) in [7, 11) is 0. The lowest BCUT2D eigenvalue weighted by Crippen LogP contribution is -2.32. The van der Waals surface area contributed by atoms with E-state index < -0.39 is 0 Å². The molecule has 0 bridgehead atoms. The van der Waals surface area contributed by atoms with Gasteiger partial charge in [-0.3, -0.25) is 0 Å². The van der Waals surface area contributed by atoms with E-state index in [0.29, 0.717) is 5.92 Å². The van der Waals surface area contributed by atoms with Gasteiger partial charge in [0.2, 0.25) is 0 Å². The Morgan fingerprint density at radius 1 is 1.21 bits per heavy atom. The number of hydrogen-bond donors (Lipinski definition) is 1. The van der Waals surface area contributed by atoms with Crippen LogP contribution in [0.1, 0.15) is 40.5 Å². The molecule has 0 aliphatic heterocycles. The summed E-state index contributed by atoms with van der Waals surface area (Å²) in [4.78, 5) is 2.51. The van der Waals surface area contributed by atoms with E-state index in [4.69, 9.17) is 5.73 Å². The molecule has 0 saturated carbocycles. The highest BCUT2D eigenvalue weighted by Crippen LogP contribution is 2.06. The van der Waals surface area contributed by atoms with Crippen molar-refractivity contribution in [2.75, 3.05) is 26.2 Å². The van der Waals surface area contributed by atoms with Gasteiger partial charge in [-0.15, -0.1) is 0 Å². The van der Waals surface area contributed by atoms with Crippen molar-refractivity contribution in [1.29, 1.82) is 0 Å². The van der Waals surface area contributed by atoms with Gasteiger partial charge in [0.05, 0.1) is 0 Å². The van der Waals surface area contributed by atoms with E-state index in [1.165, 1.54) is 19.4 Å². The highest BCUT2D eigenvalue weighted by atomic mass is 15.1. The van der Waals surface area contributed by atoms with E-state index in [1.807, 2.05) is 0 Å². The van der Waals surface area contributed by atoms with Crippen LogP contribution in [-0.2, 0) is 0 Å². The van der Waals surface area contributed by atoms with Crippen LogP contribution in [0.25, 0.3) is 0 Å². The summed E-state index contributed by atoms with van der Waals surface area (Å²) in [5, 5.41) is 0. The summed E-state index contributed by atoms with van der Waals surface area (Å²) in [5.41, 5.74) is 5.63. The number of nitrogens with two attached hydrogens (primary N) is 1. The second-order valence-electron chi connectivity index (χ2n) is 4.77. The minimum atomic E-state index is 0.633. The molecule has 0 aromatic rings. The van der Waals surface area contributed by atoms with E-state index in [-0.39, 0.29) is 0 Å². The van der Waals surface area contributed by atoms with Crippen molar-refractivity contribution in [3.8, 4) is 0 Å². The SMILES string of the molecule is CCN(CCCC(C)C)CC(C)CN. The maximum Gasteiger partial charge on any atom is 0.00189 e. The first kappa shape index (κ1) is 13.9. The first-order chi connectivity index (χ1) is 6.60. The third kappa shape index (κ3) is 7.34. The van der Waals surface area contributed by atoms with Crippen LogP contribution in [0.4, 0.5) is 0 Å². The molecule has 2 nitrogen and oxygen atoms in total. The third-order valence-electron chi connectivity index (χ3n) is 2.68. The predicted octanol–water partition coefficient (Wildman–Crippen LogP) is 2.34. The number of rotatable bonds is 8. The van der Waals surface area contributed by atoms with E-state index in [9.17, 15) is 0 Å². The normalized spacial score (nSPS) is 13.9. The highest BCUT2D eigenvalue weighted by Gasteiger charge is 2.07. The lowest BCUT2D eigenvalue weighted by molar-refractivity contribution is 0.243. The van der Waals surface area contributed by atoms with Crippen molar-refractivity contribution >= 4 is 0 Å². The van der Waals surface area contributed by atoms with Gasteiger partial charge in [0, 0.05) is 6.54 Å². The Balaban J connectivity index is 3.57. The van der Waals surface area contributed by atoms with Crippen molar-refractivity contribution < 1.29 is 0 Å². The molecule has 2 heteroatoms. The zero-order valence-electron chi connectivity index (χ0n) is 10.4. The summed E-state index contributed by atoms with van der Waals surface area (Å²) < 4.78 is 0. The minimum absolute atomic E-state index is 0.633. The fraction of sp³-hybridized carbons (Fsp3) is 1.00. The van der Waals surface area contributed by atoms with Gasteiger partial charge in [-0.05, 0) is 44.3 Å². The molecule has 0 amide bonds. The Labute approximate surface area is 89.9 Å². The maximum absolute atomic E-state index is 5.63. The lowest BCUT2D eigenvalue weighted by Gasteiger charge is -2.23. The Morgan fingerprint density at radius 2 is 1.86 bits per heavy atom. The molecule has 0 aliphatic carbocycles. The smallest absolute Gasteiger partial charge is 0.00189 e. The molecule has 86 valence electrons. The molecule has 0 saturated heterocycles. The molecule has 1 unspecified atom stereocenters. The van der Waals surface area contributed by atoms with Crippen LogP contribution in [0.5, 0.6) is 0 Å². The van der Waals surface area contributed by atoms with Crippen molar-refractivity contribution in [2.45, 2.75) is 40.5 Å². The second-order valence-corrected chi connectivity index (χ2v) is 4.77. The van der Waals surface area contributed by atoms with Gasteiger partial charge < -0.3 is 10.6 Å². The molecule has 0 aromatic carbocycles. The van der Waals surface area contributed by atoms with Gasteiger partial charge >= 0.3 is 0 Å². The van der Waals surface area contributed by atoms with E-state index in [0.717, 1.165) is 25.6 Å². The Kier molecular flexibility index (Phi) is 8.20. The molecular weight excluding hydrogens is 172 g/mol. The molecule has 0 heterocycles. The molecule has 1 atom stereocenters. The predicted molar refractivity (Wildman–Crippen MR) is 64.4 cm³/mol. The van der Waals surface area contributed by atoms with Crippen LogP contribution in [-0.4, -0.2) is 31.1 Å². The minimum Gasteiger partial charge on any atom is -0.330 e. The molecule has 0 aliphatic rings. The van der Waals surface area contributed by atoms with E-state index in [1.54, 1.807) is 0 Å². The van der Waals surface area contributed by atoms with Crippen LogP contribution in [0.2, 0.25) is 0 Å². The molecule has 0 spiro atoms. The van der Waals surface area contributed by atoms with Crippen LogP contribution >= 0.6 is 0 Å². The van der Waals surface area contributed by atoms with Gasteiger partial charge in [0.25, 0.3) is 0 Å². The molecule has 2 N–H and O–H groups in total. The fourth-order valence-corrected chi connectivity index (χ4v) is 1.62. The summed E-state index contributed by atoms with van der Waals surface area (Å²) in [6, 6.07) is 0. The molecule has 0 aromatic heterocycles. The topological polar surface area (TPSA) is 29.3 Å². The zero-order valence-corrected chi connectivity index (χ0v) is 10.4. The van der Waals surface area contributed by atoms with Gasteiger partial charge in [-0.25, -0.2) is 0 Å². The van der Waals surface area contributed by atoms with Crippen molar-refractivity contribution in [3.63, 3.8) is 0 Å². The van der Waals surface area contributed by atoms with Crippen LogP contribution < -0.4 is 5.73 Å². The fourth-order valence-electron chi connectivity index (χ4n) is 1.62. The Morgan fingerprint density at radius 3 is 2.29 bits per heavy atom. The number of nitrogens with zero attached hydrogens (tertiary/aromatic N) is 1. The van der Waals surface area contributed by atoms with Gasteiger partial charge in [-0.2, -0.15) is 0 Å². The van der Waals surface area contributed by atoms with Crippen LogP contribution in [0.3, 0.4) is 0 Å². The monoisotopic (exact) mass is 200 g/mol. The van der Waals surface area contributed by atoms with Gasteiger partial charge in [0.15, 0.2) is 0 Å². The summed E-state index contributed by atoms with van der Waals surface area (Å²) in [6.07, 6.45) is 2.66. The Bertz CT molecular complexity index is 123. The van der Waals surface area contributed by atoms with Crippen molar-refractivity contribution in [3.05, 3.63) is 0 Å². The second kappa shape index (κ2) is 8.25. The largest absolute Gasteiger partial charge is 0.330 e. The van der Waals surface area contributed by atoms with Crippen LogP contribution in [0, 0.1) is 11.8 Å².